The van der Waals surface area contributed by atoms with E-state index in [0.717, 1.165) is 10.0 Å². The number of nitrogens with two attached hydrogens (primary N) is 1. The van der Waals surface area contributed by atoms with Crippen molar-refractivity contribution in [1.29, 1.82) is 0 Å². The van der Waals surface area contributed by atoms with Crippen LogP contribution in [0.4, 0.5) is 0 Å². The number of halogens is 1. The van der Waals surface area contributed by atoms with E-state index in [2.05, 4.69) is 21.2 Å². The Morgan fingerprint density at radius 3 is 2.43 bits per heavy atom. The summed E-state index contributed by atoms with van der Waals surface area (Å²) < 4.78 is 6.39. The first-order chi connectivity index (χ1) is 9.89. The maximum absolute atomic E-state index is 12.8. The molecule has 1 aromatic rings. The molecule has 1 amide bonds. The zero-order valence-electron chi connectivity index (χ0n) is 12.6. The van der Waals surface area contributed by atoms with Gasteiger partial charge in [-0.2, -0.15) is 0 Å². The molecular formula is C16H23BrN2O2. The fourth-order valence-electron chi connectivity index (χ4n) is 2.64. The summed E-state index contributed by atoms with van der Waals surface area (Å²) in [5.74, 6) is 0.0289. The topological polar surface area (TPSA) is 64.4 Å². The highest BCUT2D eigenvalue weighted by Gasteiger charge is 2.40. The SMILES string of the molecule is CC(C)(NC(=O)C1(CN)CCOCC1)c1ccc(Br)cc1. The summed E-state index contributed by atoms with van der Waals surface area (Å²) in [5.41, 5.74) is 6.03. The van der Waals surface area contributed by atoms with Crippen LogP contribution in [-0.4, -0.2) is 25.7 Å². The highest BCUT2D eigenvalue weighted by molar-refractivity contribution is 9.10. The zero-order chi connectivity index (χ0) is 15.5. The third kappa shape index (κ3) is 3.65. The maximum atomic E-state index is 12.8. The van der Waals surface area contributed by atoms with Crippen molar-refractivity contribution in [2.45, 2.75) is 32.2 Å². The van der Waals surface area contributed by atoms with Gasteiger partial charge in [0.1, 0.15) is 0 Å². The Bertz CT molecular complexity index is 494. The van der Waals surface area contributed by atoms with E-state index in [1.165, 1.54) is 0 Å². The van der Waals surface area contributed by atoms with Crippen LogP contribution in [0, 0.1) is 5.41 Å². The highest BCUT2D eigenvalue weighted by Crippen LogP contribution is 2.32. The molecule has 0 aliphatic carbocycles. The van der Waals surface area contributed by atoms with Crippen molar-refractivity contribution in [3.8, 4) is 0 Å². The summed E-state index contributed by atoms with van der Waals surface area (Å²) in [6.45, 7) is 5.58. The molecular weight excluding hydrogens is 332 g/mol. The van der Waals surface area contributed by atoms with Gasteiger partial charge < -0.3 is 15.8 Å². The number of benzene rings is 1. The molecule has 116 valence electrons. The normalized spacial score (nSPS) is 18.3. The van der Waals surface area contributed by atoms with E-state index in [9.17, 15) is 4.79 Å². The molecule has 0 bridgehead atoms. The summed E-state index contributed by atoms with van der Waals surface area (Å²) in [6.07, 6.45) is 1.37. The molecule has 1 aliphatic rings. The number of ether oxygens (including phenoxy) is 1. The van der Waals surface area contributed by atoms with Crippen LogP contribution in [0.5, 0.6) is 0 Å². The molecule has 1 aliphatic heterocycles. The number of hydrogen-bond donors (Lipinski definition) is 2. The Labute approximate surface area is 134 Å². The average molecular weight is 355 g/mol. The van der Waals surface area contributed by atoms with Crippen LogP contribution in [0.3, 0.4) is 0 Å². The summed E-state index contributed by atoms with van der Waals surface area (Å²) in [7, 11) is 0. The van der Waals surface area contributed by atoms with E-state index in [-0.39, 0.29) is 5.91 Å². The molecule has 1 heterocycles. The van der Waals surface area contributed by atoms with Crippen LogP contribution < -0.4 is 11.1 Å². The number of nitrogens with one attached hydrogen (secondary N) is 1. The van der Waals surface area contributed by atoms with Gasteiger partial charge in [0.25, 0.3) is 0 Å². The lowest BCUT2D eigenvalue weighted by molar-refractivity contribution is -0.137. The van der Waals surface area contributed by atoms with Crippen molar-refractivity contribution in [3.63, 3.8) is 0 Å². The van der Waals surface area contributed by atoms with E-state index in [0.29, 0.717) is 32.6 Å². The molecule has 0 spiro atoms. The molecule has 0 aromatic heterocycles. The first-order valence-corrected chi connectivity index (χ1v) is 8.05. The van der Waals surface area contributed by atoms with Gasteiger partial charge in [0.05, 0.1) is 11.0 Å². The third-order valence-corrected chi connectivity index (χ3v) is 4.84. The highest BCUT2D eigenvalue weighted by atomic mass is 79.9. The number of carbonyl (C=O) groups excluding carboxylic acids is 1. The largest absolute Gasteiger partial charge is 0.381 e. The van der Waals surface area contributed by atoms with E-state index in [1.54, 1.807) is 0 Å². The van der Waals surface area contributed by atoms with Crippen LogP contribution in [-0.2, 0) is 15.1 Å². The second-order valence-electron chi connectivity index (χ2n) is 6.18. The summed E-state index contributed by atoms with van der Waals surface area (Å²) in [5, 5.41) is 3.16. The minimum atomic E-state index is -0.495. The summed E-state index contributed by atoms with van der Waals surface area (Å²) >= 11 is 3.43. The fourth-order valence-corrected chi connectivity index (χ4v) is 2.91. The monoisotopic (exact) mass is 354 g/mol. The lowest BCUT2D eigenvalue weighted by Gasteiger charge is -2.38. The number of carbonyl (C=O) groups is 1. The Morgan fingerprint density at radius 2 is 1.90 bits per heavy atom. The quantitative estimate of drug-likeness (QED) is 0.873. The molecule has 1 saturated heterocycles. The fraction of sp³-hybridized carbons (Fsp3) is 0.562. The molecule has 0 unspecified atom stereocenters. The van der Waals surface area contributed by atoms with Crippen LogP contribution >= 0.6 is 15.9 Å². The van der Waals surface area contributed by atoms with Crippen LogP contribution in [0.2, 0.25) is 0 Å². The molecule has 5 heteroatoms. The lowest BCUT2D eigenvalue weighted by Crippen LogP contribution is -2.53. The molecule has 0 radical (unpaired) electrons. The third-order valence-electron chi connectivity index (χ3n) is 4.31. The smallest absolute Gasteiger partial charge is 0.228 e. The first-order valence-electron chi connectivity index (χ1n) is 7.26. The lowest BCUT2D eigenvalue weighted by atomic mass is 9.78. The van der Waals surface area contributed by atoms with Crippen LogP contribution in [0.25, 0.3) is 0 Å². The summed E-state index contributed by atoms with van der Waals surface area (Å²) in [4.78, 5) is 12.8. The van der Waals surface area contributed by atoms with Crippen molar-refractivity contribution < 1.29 is 9.53 Å². The van der Waals surface area contributed by atoms with E-state index in [1.807, 2.05) is 38.1 Å². The van der Waals surface area contributed by atoms with Gasteiger partial charge in [-0.05, 0) is 44.4 Å². The van der Waals surface area contributed by atoms with E-state index in [4.69, 9.17) is 10.5 Å². The van der Waals surface area contributed by atoms with Gasteiger partial charge in [0, 0.05) is 24.2 Å². The Hall–Kier alpha value is -0.910. The van der Waals surface area contributed by atoms with E-state index >= 15 is 0 Å². The van der Waals surface area contributed by atoms with Gasteiger partial charge in [-0.15, -0.1) is 0 Å². The van der Waals surface area contributed by atoms with Crippen molar-refractivity contribution in [2.75, 3.05) is 19.8 Å². The van der Waals surface area contributed by atoms with Crippen molar-refractivity contribution >= 4 is 21.8 Å². The van der Waals surface area contributed by atoms with Crippen LogP contribution in [0.15, 0.2) is 28.7 Å². The molecule has 1 fully saturated rings. The standard InChI is InChI=1S/C16H23BrN2O2/c1-15(2,12-3-5-13(17)6-4-12)19-14(20)16(11-18)7-9-21-10-8-16/h3-6H,7-11,18H2,1-2H3,(H,19,20). The Morgan fingerprint density at radius 1 is 1.33 bits per heavy atom. The Kier molecular flexibility index (Phi) is 5.07. The molecule has 2 rings (SSSR count). The zero-order valence-corrected chi connectivity index (χ0v) is 14.2. The van der Waals surface area contributed by atoms with Gasteiger partial charge in [0.15, 0.2) is 0 Å². The van der Waals surface area contributed by atoms with Crippen molar-refractivity contribution in [2.24, 2.45) is 11.1 Å². The second kappa shape index (κ2) is 6.46. The van der Waals surface area contributed by atoms with E-state index < -0.39 is 11.0 Å². The van der Waals surface area contributed by atoms with Crippen molar-refractivity contribution in [1.82, 2.24) is 5.32 Å². The molecule has 0 atom stereocenters. The van der Waals surface area contributed by atoms with Gasteiger partial charge in [-0.25, -0.2) is 0 Å². The Balaban J connectivity index is 2.14. The molecule has 3 N–H and O–H groups in total. The van der Waals surface area contributed by atoms with Gasteiger partial charge >= 0.3 is 0 Å². The minimum absolute atomic E-state index is 0.0289. The molecule has 0 saturated carbocycles. The average Bonchev–Trinajstić information content (AvgIpc) is 2.48. The second-order valence-corrected chi connectivity index (χ2v) is 7.10. The molecule has 21 heavy (non-hydrogen) atoms. The number of hydrogen-bond acceptors (Lipinski definition) is 3. The first kappa shape index (κ1) is 16.5. The number of amides is 1. The molecule has 4 nitrogen and oxygen atoms in total. The predicted molar refractivity (Wildman–Crippen MR) is 86.9 cm³/mol. The van der Waals surface area contributed by atoms with Crippen molar-refractivity contribution in [3.05, 3.63) is 34.3 Å². The predicted octanol–water partition coefficient (Wildman–Crippen LogP) is 2.56. The minimum Gasteiger partial charge on any atom is -0.381 e. The van der Waals surface area contributed by atoms with Gasteiger partial charge in [-0.3, -0.25) is 4.79 Å². The molecule has 1 aromatic carbocycles. The van der Waals surface area contributed by atoms with Gasteiger partial charge in [0.2, 0.25) is 5.91 Å². The summed E-state index contributed by atoms with van der Waals surface area (Å²) in [6, 6.07) is 8.00. The number of rotatable bonds is 4. The maximum Gasteiger partial charge on any atom is 0.228 e. The van der Waals surface area contributed by atoms with Crippen LogP contribution in [0.1, 0.15) is 32.3 Å². The van der Waals surface area contributed by atoms with Gasteiger partial charge in [-0.1, -0.05) is 28.1 Å².